The van der Waals surface area contributed by atoms with Gasteiger partial charge in [0.15, 0.2) is 9.84 Å². The van der Waals surface area contributed by atoms with E-state index in [4.69, 9.17) is 6.42 Å². The number of terminal acetylenes is 1. The summed E-state index contributed by atoms with van der Waals surface area (Å²) in [7, 11) is -3.38. The molecule has 2 N–H and O–H groups in total. The van der Waals surface area contributed by atoms with Crippen LogP contribution in [0.15, 0.2) is 53.4 Å². The third kappa shape index (κ3) is 7.85. The molecular weight excluding hydrogens is 472 g/mol. The molecule has 1 amide bonds. The van der Waals surface area contributed by atoms with Crippen LogP contribution >= 0.6 is 0 Å². The Morgan fingerprint density at radius 2 is 1.50 bits per heavy atom. The van der Waals surface area contributed by atoms with Crippen molar-refractivity contribution in [3.8, 4) is 23.5 Å². The largest absolute Gasteiger partial charge is 0.407 e. The maximum atomic E-state index is 14.2. The van der Waals surface area contributed by atoms with Crippen LogP contribution in [0.1, 0.15) is 31.9 Å². The first-order valence-electron chi connectivity index (χ1n) is 10.2. The number of hydrogen-bond donors (Lipinski definition) is 2. The fourth-order valence-corrected chi connectivity index (χ4v) is 3.95. The predicted molar refractivity (Wildman–Crippen MR) is 122 cm³/mol. The highest BCUT2D eigenvalue weighted by Crippen LogP contribution is 2.35. The molecule has 0 unspecified atom stereocenters. The van der Waals surface area contributed by atoms with Crippen LogP contribution < -0.4 is 10.6 Å². The summed E-state index contributed by atoms with van der Waals surface area (Å²) in [5.74, 6) is 1.32. The molecule has 0 saturated carbocycles. The molecule has 0 heterocycles. The first-order chi connectivity index (χ1) is 15.6. The maximum absolute atomic E-state index is 14.2. The summed E-state index contributed by atoms with van der Waals surface area (Å²) in [4.78, 5) is 12.5. The Morgan fingerprint density at radius 3 is 1.91 bits per heavy atom. The summed E-state index contributed by atoms with van der Waals surface area (Å²) in [6.45, 7) is 2.14. The molecule has 0 saturated heterocycles. The highest BCUT2D eigenvalue weighted by molar-refractivity contribution is 7.90. The number of hydrogen-bond acceptors (Lipinski definition) is 4. The number of halogens is 4. The molecule has 2 atom stereocenters. The smallest absolute Gasteiger partial charge is 0.344 e. The molecule has 5 nitrogen and oxygen atoms in total. The monoisotopic (exact) mass is 498 g/mol. The van der Waals surface area contributed by atoms with Gasteiger partial charge in [-0.15, -0.1) is 6.42 Å². The van der Waals surface area contributed by atoms with Crippen molar-refractivity contribution in [2.24, 2.45) is 0 Å². The number of carbonyl (C=O) groups excluding carboxylic acids is 1. The topological polar surface area (TPSA) is 75.3 Å². The lowest BCUT2D eigenvalue weighted by atomic mass is 9.96. The second-order valence-corrected chi connectivity index (χ2v) is 10.5. The van der Waals surface area contributed by atoms with Crippen molar-refractivity contribution >= 4 is 15.7 Å². The Hall–Kier alpha value is -2.90. The minimum atomic E-state index is -4.77. The Morgan fingerprint density at radius 1 is 1.00 bits per heavy atom. The number of sulfone groups is 1. The summed E-state index contributed by atoms with van der Waals surface area (Å²) in [6.07, 6.45) is 0.890. The summed E-state index contributed by atoms with van der Waals surface area (Å²) in [5, 5.41) is 4.54. The van der Waals surface area contributed by atoms with Crippen LogP contribution in [-0.2, 0) is 14.6 Å². The summed E-state index contributed by atoms with van der Waals surface area (Å²) in [6, 6.07) is 7.63. The summed E-state index contributed by atoms with van der Waals surface area (Å²) < 4.78 is 79.2. The zero-order chi connectivity index (χ0) is 25.7. The van der Waals surface area contributed by atoms with Gasteiger partial charge < -0.3 is 5.32 Å². The van der Waals surface area contributed by atoms with Crippen LogP contribution in [0.5, 0.6) is 0 Å². The first kappa shape index (κ1) is 27.3. The van der Waals surface area contributed by atoms with Crippen molar-refractivity contribution in [1.82, 2.24) is 10.6 Å². The van der Waals surface area contributed by atoms with E-state index in [0.717, 1.165) is 6.26 Å². The van der Waals surface area contributed by atoms with Gasteiger partial charge in [0.1, 0.15) is 11.7 Å². The molecular formula is C24H26F4N2O3S. The van der Waals surface area contributed by atoms with E-state index in [1.54, 1.807) is 12.1 Å². The van der Waals surface area contributed by atoms with Gasteiger partial charge in [-0.3, -0.25) is 10.1 Å². The normalized spacial score (nSPS) is 14.2. The van der Waals surface area contributed by atoms with E-state index in [9.17, 15) is 30.8 Å². The van der Waals surface area contributed by atoms with Gasteiger partial charge in [-0.25, -0.2) is 12.8 Å². The van der Waals surface area contributed by atoms with Crippen LogP contribution in [0.3, 0.4) is 0 Å². The highest BCUT2D eigenvalue weighted by Gasteiger charge is 2.43. The van der Waals surface area contributed by atoms with Crippen molar-refractivity contribution in [3.63, 3.8) is 0 Å². The molecule has 2 aromatic rings. The van der Waals surface area contributed by atoms with Crippen molar-refractivity contribution in [2.45, 2.75) is 49.1 Å². The second-order valence-electron chi connectivity index (χ2n) is 8.46. The lowest BCUT2D eigenvalue weighted by Gasteiger charge is -2.29. The molecule has 0 bridgehead atoms. The fourth-order valence-electron chi connectivity index (χ4n) is 3.32. The number of rotatable bonds is 9. The molecule has 10 heteroatoms. The van der Waals surface area contributed by atoms with Crippen LogP contribution in [0.25, 0.3) is 11.1 Å². The lowest BCUT2D eigenvalue weighted by molar-refractivity contribution is -0.161. The number of amides is 1. The molecule has 0 aromatic heterocycles. The van der Waals surface area contributed by atoms with E-state index >= 15 is 0 Å². The average molecular weight is 499 g/mol. The zero-order valence-electron chi connectivity index (χ0n) is 18.9. The SMILES string of the molecule is C#CCNC(=O)[C@H](CC(C)(C)F)N[C@@H](c1ccc(-c2ccc(S(C)(=O)=O)cc2)cc1)C(F)(F)F. The zero-order valence-corrected chi connectivity index (χ0v) is 19.7. The third-order valence-electron chi connectivity index (χ3n) is 4.93. The molecule has 0 aliphatic rings. The van der Waals surface area contributed by atoms with E-state index in [2.05, 4.69) is 16.6 Å². The molecule has 0 fully saturated rings. The Kier molecular flexibility index (Phi) is 8.50. The third-order valence-corrected chi connectivity index (χ3v) is 6.05. The number of alkyl halides is 4. The molecule has 184 valence electrons. The average Bonchev–Trinajstić information content (AvgIpc) is 2.73. The van der Waals surface area contributed by atoms with Gasteiger partial charge in [-0.1, -0.05) is 42.3 Å². The minimum absolute atomic E-state index is 0.124. The van der Waals surface area contributed by atoms with Gasteiger partial charge in [-0.2, -0.15) is 13.2 Å². The van der Waals surface area contributed by atoms with Gasteiger partial charge in [0.25, 0.3) is 0 Å². The van der Waals surface area contributed by atoms with Gasteiger partial charge in [0.05, 0.1) is 17.5 Å². The number of carbonyl (C=O) groups is 1. The number of benzene rings is 2. The van der Waals surface area contributed by atoms with E-state index in [1.165, 1.54) is 50.2 Å². The van der Waals surface area contributed by atoms with Crippen molar-refractivity contribution in [2.75, 3.05) is 12.8 Å². The van der Waals surface area contributed by atoms with E-state index in [0.29, 0.717) is 11.1 Å². The molecule has 2 aromatic carbocycles. The van der Waals surface area contributed by atoms with Gasteiger partial charge in [-0.05, 0) is 42.7 Å². The molecule has 0 spiro atoms. The van der Waals surface area contributed by atoms with Gasteiger partial charge >= 0.3 is 6.18 Å². The van der Waals surface area contributed by atoms with E-state index in [1.807, 2.05) is 0 Å². The van der Waals surface area contributed by atoms with Crippen molar-refractivity contribution in [3.05, 3.63) is 54.1 Å². The van der Waals surface area contributed by atoms with Gasteiger partial charge in [0.2, 0.25) is 5.91 Å². The van der Waals surface area contributed by atoms with Crippen LogP contribution in [0.4, 0.5) is 17.6 Å². The molecule has 2 rings (SSSR count). The van der Waals surface area contributed by atoms with Crippen molar-refractivity contribution < 1.29 is 30.8 Å². The number of nitrogens with one attached hydrogen (secondary N) is 2. The molecule has 0 aliphatic heterocycles. The van der Waals surface area contributed by atoms with Crippen LogP contribution in [-0.4, -0.2) is 45.0 Å². The quantitative estimate of drug-likeness (QED) is 0.401. The summed E-state index contributed by atoms with van der Waals surface area (Å²) >= 11 is 0. The van der Waals surface area contributed by atoms with Gasteiger partial charge in [0, 0.05) is 12.7 Å². The Labute approximate surface area is 196 Å². The Bertz CT molecular complexity index is 1130. The molecule has 34 heavy (non-hydrogen) atoms. The minimum Gasteiger partial charge on any atom is -0.344 e. The summed E-state index contributed by atoms with van der Waals surface area (Å²) in [5.41, 5.74) is -0.905. The molecule has 0 aliphatic carbocycles. The first-order valence-corrected chi connectivity index (χ1v) is 12.1. The maximum Gasteiger partial charge on any atom is 0.407 e. The van der Waals surface area contributed by atoms with E-state index < -0.39 is 46.1 Å². The lowest BCUT2D eigenvalue weighted by Crippen LogP contribution is -2.51. The standard InChI is InChI=1S/C24H26F4N2O3S/c1-5-14-29-22(31)20(15-23(2,3)25)30-21(24(26,27)28)18-8-6-16(7-9-18)17-10-12-19(13-11-17)34(4,32)33/h1,6-13,20-21,30H,14-15H2,2-4H3,(H,29,31)/t20-,21-/m0/s1. The fraction of sp³-hybridized carbons (Fsp3) is 0.375. The van der Waals surface area contributed by atoms with Crippen LogP contribution in [0.2, 0.25) is 0 Å². The van der Waals surface area contributed by atoms with Crippen LogP contribution in [0, 0.1) is 12.3 Å². The highest BCUT2D eigenvalue weighted by atomic mass is 32.2. The van der Waals surface area contributed by atoms with Crippen molar-refractivity contribution in [1.29, 1.82) is 0 Å². The predicted octanol–water partition coefficient (Wildman–Crippen LogP) is 4.21. The molecule has 0 radical (unpaired) electrons. The van der Waals surface area contributed by atoms with E-state index in [-0.39, 0.29) is 17.0 Å². The second kappa shape index (κ2) is 10.6. The Balaban J connectivity index is 2.33.